The monoisotopic (exact) mass is 182 g/mol. The zero-order chi connectivity index (χ0) is 9.90. The quantitative estimate of drug-likeness (QED) is 0.561. The molecule has 0 aromatic carbocycles. The Hall–Kier alpha value is 0. The fourth-order valence-corrected chi connectivity index (χ4v) is 2.65. The predicted molar refractivity (Wildman–Crippen MR) is 59.8 cm³/mol. The molecule has 0 heteroatoms. The van der Waals surface area contributed by atoms with Crippen LogP contribution in [0.3, 0.4) is 0 Å². The fraction of sp³-hybridized carbons (Fsp3) is 1.00. The van der Waals surface area contributed by atoms with E-state index in [4.69, 9.17) is 0 Å². The van der Waals surface area contributed by atoms with E-state index in [1.807, 2.05) is 0 Å². The van der Waals surface area contributed by atoms with E-state index in [0.29, 0.717) is 0 Å². The standard InChI is InChI=1S/C13H26/c1-5-7-11(3)10-12(6-2)13(4)8-9-13/h11-12H,5-10H2,1-4H3. The van der Waals surface area contributed by atoms with E-state index < -0.39 is 0 Å². The van der Waals surface area contributed by atoms with Crippen molar-refractivity contribution in [3.8, 4) is 0 Å². The third-order valence-electron chi connectivity index (χ3n) is 3.99. The summed E-state index contributed by atoms with van der Waals surface area (Å²) in [5.41, 5.74) is 0.747. The Kier molecular flexibility index (Phi) is 3.82. The minimum atomic E-state index is 0.747. The van der Waals surface area contributed by atoms with E-state index in [1.54, 1.807) is 0 Å². The molecule has 0 N–H and O–H groups in total. The van der Waals surface area contributed by atoms with Gasteiger partial charge in [0.15, 0.2) is 0 Å². The Morgan fingerprint density at radius 1 is 1.23 bits per heavy atom. The molecular formula is C13H26. The summed E-state index contributed by atoms with van der Waals surface area (Å²) in [5.74, 6) is 1.96. The normalized spacial score (nSPS) is 24.0. The van der Waals surface area contributed by atoms with Crippen LogP contribution < -0.4 is 0 Å². The van der Waals surface area contributed by atoms with Gasteiger partial charge in [-0.3, -0.25) is 0 Å². The first-order valence-electron chi connectivity index (χ1n) is 6.12. The van der Waals surface area contributed by atoms with Gasteiger partial charge in [-0.1, -0.05) is 47.0 Å². The van der Waals surface area contributed by atoms with Gasteiger partial charge in [0, 0.05) is 0 Å². The smallest absolute Gasteiger partial charge is 0.0297 e. The molecule has 0 aliphatic heterocycles. The van der Waals surface area contributed by atoms with Gasteiger partial charge < -0.3 is 0 Å². The molecule has 0 radical (unpaired) electrons. The van der Waals surface area contributed by atoms with Gasteiger partial charge in [-0.05, 0) is 36.5 Å². The van der Waals surface area contributed by atoms with Crippen molar-refractivity contribution >= 4 is 0 Å². The molecule has 0 saturated heterocycles. The van der Waals surface area contributed by atoms with E-state index in [2.05, 4.69) is 27.7 Å². The van der Waals surface area contributed by atoms with Gasteiger partial charge in [0.2, 0.25) is 0 Å². The largest absolute Gasteiger partial charge is 0.0654 e. The first kappa shape index (κ1) is 11.1. The van der Waals surface area contributed by atoms with Crippen LogP contribution >= 0.6 is 0 Å². The molecule has 0 bridgehead atoms. The Balaban J connectivity index is 2.31. The summed E-state index contributed by atoms with van der Waals surface area (Å²) in [4.78, 5) is 0. The van der Waals surface area contributed by atoms with Gasteiger partial charge in [0.05, 0.1) is 0 Å². The molecule has 0 amide bonds. The van der Waals surface area contributed by atoms with Gasteiger partial charge in [-0.2, -0.15) is 0 Å². The molecule has 0 aromatic rings. The number of rotatable bonds is 6. The first-order valence-corrected chi connectivity index (χ1v) is 6.12. The number of hydrogen-bond donors (Lipinski definition) is 0. The Morgan fingerprint density at radius 2 is 1.85 bits per heavy atom. The summed E-state index contributed by atoms with van der Waals surface area (Å²) in [6.07, 6.45) is 8.63. The highest BCUT2D eigenvalue weighted by Crippen LogP contribution is 2.54. The second kappa shape index (κ2) is 4.48. The van der Waals surface area contributed by atoms with Gasteiger partial charge in [-0.25, -0.2) is 0 Å². The van der Waals surface area contributed by atoms with Crippen LogP contribution in [0.25, 0.3) is 0 Å². The van der Waals surface area contributed by atoms with Crippen molar-refractivity contribution in [2.75, 3.05) is 0 Å². The molecule has 1 aliphatic carbocycles. The van der Waals surface area contributed by atoms with E-state index in [1.165, 1.54) is 38.5 Å². The molecule has 13 heavy (non-hydrogen) atoms. The third-order valence-corrected chi connectivity index (χ3v) is 3.99. The van der Waals surface area contributed by atoms with Crippen molar-refractivity contribution in [2.45, 2.75) is 66.2 Å². The summed E-state index contributed by atoms with van der Waals surface area (Å²) in [5, 5.41) is 0. The summed E-state index contributed by atoms with van der Waals surface area (Å²) in [6.45, 7) is 9.58. The van der Waals surface area contributed by atoms with Crippen molar-refractivity contribution in [1.82, 2.24) is 0 Å². The zero-order valence-corrected chi connectivity index (χ0v) is 9.90. The molecule has 2 atom stereocenters. The molecule has 0 heterocycles. The molecule has 1 aliphatic rings. The van der Waals surface area contributed by atoms with Crippen LogP contribution in [0.5, 0.6) is 0 Å². The van der Waals surface area contributed by atoms with Crippen LogP contribution in [0.2, 0.25) is 0 Å². The minimum absolute atomic E-state index is 0.747. The highest BCUT2D eigenvalue weighted by atomic mass is 14.5. The van der Waals surface area contributed by atoms with Crippen LogP contribution in [0.1, 0.15) is 66.2 Å². The van der Waals surface area contributed by atoms with Crippen molar-refractivity contribution in [3.05, 3.63) is 0 Å². The molecule has 78 valence electrons. The predicted octanol–water partition coefficient (Wildman–Crippen LogP) is 4.64. The van der Waals surface area contributed by atoms with E-state index in [-0.39, 0.29) is 0 Å². The average Bonchev–Trinajstić information content (AvgIpc) is 2.81. The molecule has 0 nitrogen and oxygen atoms in total. The van der Waals surface area contributed by atoms with Gasteiger partial charge in [0.1, 0.15) is 0 Å². The second-order valence-corrected chi connectivity index (χ2v) is 5.39. The summed E-state index contributed by atoms with van der Waals surface area (Å²) in [7, 11) is 0. The van der Waals surface area contributed by atoms with Crippen LogP contribution in [0.15, 0.2) is 0 Å². The lowest BCUT2D eigenvalue weighted by Gasteiger charge is -2.25. The van der Waals surface area contributed by atoms with Crippen LogP contribution in [-0.4, -0.2) is 0 Å². The topological polar surface area (TPSA) is 0 Å². The maximum Gasteiger partial charge on any atom is -0.0297 e. The summed E-state index contributed by atoms with van der Waals surface area (Å²) >= 11 is 0. The van der Waals surface area contributed by atoms with Crippen molar-refractivity contribution < 1.29 is 0 Å². The summed E-state index contributed by atoms with van der Waals surface area (Å²) in [6, 6.07) is 0. The average molecular weight is 182 g/mol. The first-order chi connectivity index (χ1) is 6.12. The summed E-state index contributed by atoms with van der Waals surface area (Å²) < 4.78 is 0. The van der Waals surface area contributed by atoms with Crippen LogP contribution in [0, 0.1) is 17.3 Å². The Labute approximate surface area is 84.1 Å². The van der Waals surface area contributed by atoms with Crippen molar-refractivity contribution in [3.63, 3.8) is 0 Å². The number of hydrogen-bond acceptors (Lipinski definition) is 0. The van der Waals surface area contributed by atoms with Gasteiger partial charge in [0.25, 0.3) is 0 Å². The van der Waals surface area contributed by atoms with Gasteiger partial charge >= 0.3 is 0 Å². The van der Waals surface area contributed by atoms with Crippen LogP contribution in [-0.2, 0) is 0 Å². The highest BCUT2D eigenvalue weighted by molar-refractivity contribution is 4.94. The third kappa shape index (κ3) is 3.00. The lowest BCUT2D eigenvalue weighted by molar-refractivity contribution is 0.256. The van der Waals surface area contributed by atoms with Crippen molar-refractivity contribution in [2.24, 2.45) is 17.3 Å². The van der Waals surface area contributed by atoms with Crippen molar-refractivity contribution in [1.29, 1.82) is 0 Å². The highest BCUT2D eigenvalue weighted by Gasteiger charge is 2.43. The fourth-order valence-electron chi connectivity index (χ4n) is 2.65. The van der Waals surface area contributed by atoms with Gasteiger partial charge in [-0.15, -0.1) is 0 Å². The molecular weight excluding hydrogens is 156 g/mol. The molecule has 1 rings (SSSR count). The molecule has 1 saturated carbocycles. The van der Waals surface area contributed by atoms with Crippen LogP contribution in [0.4, 0.5) is 0 Å². The van der Waals surface area contributed by atoms with E-state index in [0.717, 1.165) is 17.3 Å². The minimum Gasteiger partial charge on any atom is -0.0654 e. The SMILES string of the molecule is CCCC(C)CC(CC)C1(C)CC1. The maximum absolute atomic E-state index is 2.49. The maximum atomic E-state index is 2.49. The van der Waals surface area contributed by atoms with E-state index in [9.17, 15) is 0 Å². The molecule has 1 fully saturated rings. The zero-order valence-electron chi connectivity index (χ0n) is 9.90. The Morgan fingerprint density at radius 3 is 2.23 bits per heavy atom. The second-order valence-electron chi connectivity index (χ2n) is 5.39. The molecule has 0 aromatic heterocycles. The molecule has 2 unspecified atom stereocenters. The molecule has 0 spiro atoms. The lowest BCUT2D eigenvalue weighted by atomic mass is 9.81. The van der Waals surface area contributed by atoms with E-state index >= 15 is 0 Å². The Bertz CT molecular complexity index is 144. The lowest BCUT2D eigenvalue weighted by Crippen LogP contribution is -2.15.